The molecular weight excluding hydrogens is 354 g/mol. The largest absolute Gasteiger partial charge is 0.462 e. The lowest BCUT2D eigenvalue weighted by Gasteiger charge is -2.30. The zero-order valence-electron chi connectivity index (χ0n) is 16.2. The molecule has 148 valence electrons. The molecule has 6 nitrogen and oxygen atoms in total. The summed E-state index contributed by atoms with van der Waals surface area (Å²) in [7, 11) is 0. The molecule has 2 aromatic carbocycles. The van der Waals surface area contributed by atoms with Crippen LogP contribution in [0.3, 0.4) is 0 Å². The van der Waals surface area contributed by atoms with E-state index in [9.17, 15) is 9.59 Å². The van der Waals surface area contributed by atoms with Crippen LogP contribution in [0, 0.1) is 0 Å². The standard InChI is InChI=1S/C22H27N3O3/c1-2-28-22(27)17-10-4-5-11-18(17)24-21(26)16-23-19-12-6-7-13-20(19)25-14-8-3-9-15-25/h4-7,10-13,23H,2-3,8-9,14-16H2,1H3,(H,24,26). The number of esters is 1. The molecule has 2 N–H and O–H groups in total. The molecule has 1 aliphatic rings. The maximum atomic E-state index is 12.5. The van der Waals surface area contributed by atoms with E-state index in [1.165, 1.54) is 19.3 Å². The maximum Gasteiger partial charge on any atom is 0.340 e. The lowest BCUT2D eigenvalue weighted by Crippen LogP contribution is -2.30. The Morgan fingerprint density at radius 2 is 1.64 bits per heavy atom. The Morgan fingerprint density at radius 1 is 0.964 bits per heavy atom. The first-order chi connectivity index (χ1) is 13.7. The number of piperidine rings is 1. The number of benzene rings is 2. The zero-order chi connectivity index (χ0) is 19.8. The third-order valence-corrected chi connectivity index (χ3v) is 4.74. The molecule has 1 amide bonds. The number of amides is 1. The second-order valence-corrected chi connectivity index (χ2v) is 6.73. The van der Waals surface area contributed by atoms with Gasteiger partial charge in [-0.1, -0.05) is 24.3 Å². The predicted molar refractivity (Wildman–Crippen MR) is 112 cm³/mol. The van der Waals surface area contributed by atoms with Gasteiger partial charge in [0, 0.05) is 13.1 Å². The van der Waals surface area contributed by atoms with E-state index >= 15 is 0 Å². The number of rotatable bonds is 7. The van der Waals surface area contributed by atoms with E-state index in [1.54, 1.807) is 31.2 Å². The van der Waals surface area contributed by atoms with Gasteiger partial charge in [0.05, 0.1) is 35.8 Å². The highest BCUT2D eigenvalue weighted by atomic mass is 16.5. The Morgan fingerprint density at radius 3 is 2.39 bits per heavy atom. The summed E-state index contributed by atoms with van der Waals surface area (Å²) >= 11 is 0. The Labute approximate surface area is 165 Å². The van der Waals surface area contributed by atoms with Crippen LogP contribution in [-0.4, -0.2) is 38.1 Å². The molecule has 0 radical (unpaired) electrons. The Balaban J connectivity index is 1.64. The number of nitrogens with zero attached hydrogens (tertiary/aromatic N) is 1. The number of carbonyl (C=O) groups is 2. The summed E-state index contributed by atoms with van der Waals surface area (Å²) in [5.74, 6) is -0.660. The van der Waals surface area contributed by atoms with Crippen molar-refractivity contribution in [2.45, 2.75) is 26.2 Å². The lowest BCUT2D eigenvalue weighted by molar-refractivity contribution is -0.114. The fourth-order valence-corrected chi connectivity index (χ4v) is 3.38. The maximum absolute atomic E-state index is 12.5. The summed E-state index contributed by atoms with van der Waals surface area (Å²) < 4.78 is 5.05. The van der Waals surface area contributed by atoms with Gasteiger partial charge in [-0.3, -0.25) is 4.79 Å². The second kappa shape index (κ2) is 9.78. The molecule has 2 aromatic rings. The molecule has 1 heterocycles. The zero-order valence-corrected chi connectivity index (χ0v) is 16.2. The van der Waals surface area contributed by atoms with E-state index in [2.05, 4.69) is 21.6 Å². The summed E-state index contributed by atoms with van der Waals surface area (Å²) in [6.07, 6.45) is 3.66. The molecule has 0 bridgehead atoms. The van der Waals surface area contributed by atoms with Crippen LogP contribution in [0.15, 0.2) is 48.5 Å². The molecule has 0 unspecified atom stereocenters. The molecule has 1 saturated heterocycles. The highest BCUT2D eigenvalue weighted by molar-refractivity contribution is 6.02. The first-order valence-electron chi connectivity index (χ1n) is 9.83. The van der Waals surface area contributed by atoms with E-state index in [1.807, 2.05) is 18.2 Å². The normalized spacial score (nSPS) is 13.7. The summed E-state index contributed by atoms with van der Waals surface area (Å²) in [6.45, 7) is 4.23. The van der Waals surface area contributed by atoms with Crippen molar-refractivity contribution in [3.05, 3.63) is 54.1 Å². The monoisotopic (exact) mass is 381 g/mol. The minimum Gasteiger partial charge on any atom is -0.462 e. The van der Waals surface area contributed by atoms with Crippen LogP contribution in [0.2, 0.25) is 0 Å². The van der Waals surface area contributed by atoms with Crippen molar-refractivity contribution in [2.75, 3.05) is 41.8 Å². The van der Waals surface area contributed by atoms with E-state index in [0.29, 0.717) is 11.3 Å². The number of anilines is 3. The van der Waals surface area contributed by atoms with E-state index < -0.39 is 5.97 Å². The number of carbonyl (C=O) groups excluding carboxylic acids is 2. The van der Waals surface area contributed by atoms with Crippen molar-refractivity contribution in [3.8, 4) is 0 Å². The minimum atomic E-state index is -0.443. The highest BCUT2D eigenvalue weighted by Gasteiger charge is 2.16. The summed E-state index contributed by atoms with van der Waals surface area (Å²) in [5, 5.41) is 6.04. The van der Waals surface area contributed by atoms with Gasteiger partial charge in [0.2, 0.25) is 5.91 Å². The van der Waals surface area contributed by atoms with Crippen LogP contribution in [0.5, 0.6) is 0 Å². The first kappa shape index (κ1) is 19.7. The molecule has 3 rings (SSSR count). The molecule has 0 saturated carbocycles. The average molecular weight is 381 g/mol. The first-order valence-corrected chi connectivity index (χ1v) is 9.83. The molecule has 1 fully saturated rings. The molecular formula is C22H27N3O3. The molecule has 0 aromatic heterocycles. The average Bonchev–Trinajstić information content (AvgIpc) is 2.73. The minimum absolute atomic E-state index is 0.113. The number of para-hydroxylation sites is 3. The van der Waals surface area contributed by atoms with Crippen molar-refractivity contribution in [1.82, 2.24) is 0 Å². The number of hydrogen-bond acceptors (Lipinski definition) is 5. The SMILES string of the molecule is CCOC(=O)c1ccccc1NC(=O)CNc1ccccc1N1CCCCC1. The van der Waals surface area contributed by atoms with Crippen LogP contribution >= 0.6 is 0 Å². The van der Waals surface area contributed by atoms with Gasteiger partial charge >= 0.3 is 5.97 Å². The Hall–Kier alpha value is -3.02. The van der Waals surface area contributed by atoms with Crippen molar-refractivity contribution in [2.24, 2.45) is 0 Å². The molecule has 0 aliphatic carbocycles. The van der Waals surface area contributed by atoms with Gasteiger partial charge in [0.1, 0.15) is 0 Å². The summed E-state index contributed by atoms with van der Waals surface area (Å²) in [5.41, 5.74) is 2.88. The summed E-state index contributed by atoms with van der Waals surface area (Å²) in [6, 6.07) is 14.9. The molecule has 0 spiro atoms. The van der Waals surface area contributed by atoms with Crippen molar-refractivity contribution in [1.29, 1.82) is 0 Å². The van der Waals surface area contributed by atoms with Crippen LogP contribution in [0.1, 0.15) is 36.5 Å². The molecule has 0 atom stereocenters. The van der Waals surface area contributed by atoms with E-state index in [-0.39, 0.29) is 19.1 Å². The number of nitrogens with one attached hydrogen (secondary N) is 2. The van der Waals surface area contributed by atoms with Gasteiger partial charge in [-0.2, -0.15) is 0 Å². The topological polar surface area (TPSA) is 70.7 Å². The van der Waals surface area contributed by atoms with E-state index in [0.717, 1.165) is 24.5 Å². The van der Waals surface area contributed by atoms with Crippen LogP contribution in [0.25, 0.3) is 0 Å². The van der Waals surface area contributed by atoms with Crippen molar-refractivity contribution < 1.29 is 14.3 Å². The fourth-order valence-electron chi connectivity index (χ4n) is 3.38. The number of hydrogen-bond donors (Lipinski definition) is 2. The third kappa shape index (κ3) is 5.03. The second-order valence-electron chi connectivity index (χ2n) is 6.73. The van der Waals surface area contributed by atoms with Gasteiger partial charge < -0.3 is 20.3 Å². The molecule has 28 heavy (non-hydrogen) atoms. The molecule has 1 aliphatic heterocycles. The van der Waals surface area contributed by atoms with Crippen LogP contribution in [-0.2, 0) is 9.53 Å². The van der Waals surface area contributed by atoms with Gasteiger partial charge in [0.25, 0.3) is 0 Å². The third-order valence-electron chi connectivity index (χ3n) is 4.74. The quantitative estimate of drug-likeness (QED) is 0.712. The number of ether oxygens (including phenoxy) is 1. The van der Waals surface area contributed by atoms with Crippen molar-refractivity contribution in [3.63, 3.8) is 0 Å². The molecule has 6 heteroatoms. The van der Waals surface area contributed by atoms with E-state index in [4.69, 9.17) is 4.74 Å². The van der Waals surface area contributed by atoms with Gasteiger partial charge in [0.15, 0.2) is 0 Å². The van der Waals surface area contributed by atoms with Crippen LogP contribution < -0.4 is 15.5 Å². The fraction of sp³-hybridized carbons (Fsp3) is 0.364. The van der Waals surface area contributed by atoms with Gasteiger partial charge in [-0.25, -0.2) is 4.79 Å². The van der Waals surface area contributed by atoms with Crippen LogP contribution in [0.4, 0.5) is 17.1 Å². The lowest BCUT2D eigenvalue weighted by atomic mass is 10.1. The predicted octanol–water partition coefficient (Wildman–Crippen LogP) is 3.90. The Kier molecular flexibility index (Phi) is 6.89. The van der Waals surface area contributed by atoms with Gasteiger partial charge in [-0.15, -0.1) is 0 Å². The Bertz CT molecular complexity index is 816. The summed E-state index contributed by atoms with van der Waals surface area (Å²) in [4.78, 5) is 26.9. The van der Waals surface area contributed by atoms with Crippen molar-refractivity contribution >= 4 is 28.9 Å². The highest BCUT2D eigenvalue weighted by Crippen LogP contribution is 2.28. The van der Waals surface area contributed by atoms with Gasteiger partial charge in [-0.05, 0) is 50.5 Å². The smallest absolute Gasteiger partial charge is 0.340 e.